The molecule has 0 aliphatic carbocycles. The lowest BCUT2D eigenvalue weighted by Crippen LogP contribution is -2.42. The van der Waals surface area contributed by atoms with Crippen LogP contribution in [0, 0.1) is 0 Å². The van der Waals surface area contributed by atoms with Crippen LogP contribution in [0.2, 0.25) is 5.02 Å². The van der Waals surface area contributed by atoms with Crippen molar-refractivity contribution in [1.29, 1.82) is 0 Å². The lowest BCUT2D eigenvalue weighted by atomic mass is 10.1. The van der Waals surface area contributed by atoms with E-state index in [-0.39, 0.29) is 22.6 Å². The van der Waals surface area contributed by atoms with Gasteiger partial charge in [0.2, 0.25) is 10.0 Å². The largest absolute Gasteiger partial charge is 0.392 e. The number of sulfonamides is 1. The average Bonchev–Trinajstić information content (AvgIpc) is 3.04. The minimum Gasteiger partial charge on any atom is -0.392 e. The first-order valence-electron chi connectivity index (χ1n) is 7.17. The van der Waals surface area contributed by atoms with Crippen LogP contribution in [0.15, 0.2) is 23.1 Å². The highest BCUT2D eigenvalue weighted by molar-refractivity contribution is 7.89. The number of hydrogen-bond donors (Lipinski definition) is 2. The Morgan fingerprint density at radius 2 is 2.14 bits per heavy atom. The van der Waals surface area contributed by atoms with Crippen LogP contribution in [0.3, 0.4) is 0 Å². The SMILES string of the molecule is O=S(=O)(NC1CCN2CCCC12)c1cc(CO)ccc1Cl. The van der Waals surface area contributed by atoms with Gasteiger partial charge in [-0.15, -0.1) is 0 Å². The molecular weight excluding hydrogens is 312 g/mol. The van der Waals surface area contributed by atoms with E-state index >= 15 is 0 Å². The molecule has 5 nitrogen and oxygen atoms in total. The highest BCUT2D eigenvalue weighted by Crippen LogP contribution is 2.30. The molecule has 2 fully saturated rings. The van der Waals surface area contributed by atoms with E-state index in [0.29, 0.717) is 11.6 Å². The van der Waals surface area contributed by atoms with Gasteiger partial charge in [0.1, 0.15) is 4.90 Å². The van der Waals surface area contributed by atoms with Gasteiger partial charge in [-0.25, -0.2) is 13.1 Å². The highest BCUT2D eigenvalue weighted by Gasteiger charge is 2.39. The fraction of sp³-hybridized carbons (Fsp3) is 0.571. The second-order valence-electron chi connectivity index (χ2n) is 5.68. The topological polar surface area (TPSA) is 69.6 Å². The maximum absolute atomic E-state index is 12.6. The molecule has 0 radical (unpaired) electrons. The number of benzene rings is 1. The first kappa shape index (κ1) is 15.2. The second kappa shape index (κ2) is 5.85. The summed E-state index contributed by atoms with van der Waals surface area (Å²) >= 11 is 6.02. The second-order valence-corrected chi connectivity index (χ2v) is 7.77. The maximum atomic E-state index is 12.6. The summed E-state index contributed by atoms with van der Waals surface area (Å²) in [6.45, 7) is 1.80. The molecule has 2 saturated heterocycles. The van der Waals surface area contributed by atoms with Crippen LogP contribution in [-0.4, -0.2) is 43.6 Å². The third-order valence-corrected chi connectivity index (χ3v) is 6.35. The van der Waals surface area contributed by atoms with E-state index in [1.807, 2.05) is 0 Å². The Hall–Kier alpha value is -0.660. The molecule has 2 aliphatic rings. The number of hydrogen-bond acceptors (Lipinski definition) is 4. The van der Waals surface area contributed by atoms with E-state index in [0.717, 1.165) is 32.4 Å². The van der Waals surface area contributed by atoms with Crippen LogP contribution in [0.5, 0.6) is 0 Å². The maximum Gasteiger partial charge on any atom is 0.242 e. The van der Waals surface area contributed by atoms with Gasteiger partial charge >= 0.3 is 0 Å². The summed E-state index contributed by atoms with van der Waals surface area (Å²) in [5.74, 6) is 0. The number of nitrogens with zero attached hydrogens (tertiary/aromatic N) is 1. The summed E-state index contributed by atoms with van der Waals surface area (Å²) in [5, 5.41) is 9.34. The quantitative estimate of drug-likeness (QED) is 0.874. The smallest absolute Gasteiger partial charge is 0.242 e. The summed E-state index contributed by atoms with van der Waals surface area (Å²) < 4.78 is 27.9. The van der Waals surface area contributed by atoms with Crippen LogP contribution in [0.25, 0.3) is 0 Å². The van der Waals surface area contributed by atoms with Crippen LogP contribution in [0.1, 0.15) is 24.8 Å². The summed E-state index contributed by atoms with van der Waals surface area (Å²) in [4.78, 5) is 2.39. The van der Waals surface area contributed by atoms with Gasteiger partial charge in [-0.1, -0.05) is 17.7 Å². The average molecular weight is 331 g/mol. The van der Waals surface area contributed by atoms with E-state index in [1.54, 1.807) is 6.07 Å². The minimum atomic E-state index is -3.67. The van der Waals surface area contributed by atoms with Crippen molar-refractivity contribution in [3.8, 4) is 0 Å². The van der Waals surface area contributed by atoms with Crippen LogP contribution < -0.4 is 4.72 Å². The first-order valence-corrected chi connectivity index (χ1v) is 9.03. The summed E-state index contributed by atoms with van der Waals surface area (Å²) in [6, 6.07) is 4.82. The Morgan fingerprint density at radius 1 is 1.33 bits per heavy atom. The Morgan fingerprint density at radius 3 is 2.90 bits per heavy atom. The fourth-order valence-corrected chi connectivity index (χ4v) is 5.19. The Balaban J connectivity index is 1.84. The summed E-state index contributed by atoms with van der Waals surface area (Å²) in [6.07, 6.45) is 3.00. The standard InChI is InChI=1S/C14H19ClN2O3S/c15-11-4-3-10(9-18)8-14(11)21(19,20)16-12-5-7-17-6-1-2-13(12)17/h3-4,8,12-13,16,18H,1-2,5-7,9H2. The van der Waals surface area contributed by atoms with Crippen LogP contribution in [0.4, 0.5) is 0 Å². The van der Waals surface area contributed by atoms with Crippen molar-refractivity contribution >= 4 is 21.6 Å². The van der Waals surface area contributed by atoms with Crippen molar-refractivity contribution in [2.75, 3.05) is 13.1 Å². The molecule has 0 saturated carbocycles. The molecule has 2 heterocycles. The third kappa shape index (κ3) is 2.96. The van der Waals surface area contributed by atoms with Gasteiger partial charge in [-0.3, -0.25) is 4.90 Å². The molecule has 21 heavy (non-hydrogen) atoms. The molecule has 116 valence electrons. The zero-order chi connectivity index (χ0) is 15.0. The molecule has 1 aromatic rings. The molecule has 2 aliphatic heterocycles. The van der Waals surface area contributed by atoms with E-state index in [4.69, 9.17) is 16.7 Å². The van der Waals surface area contributed by atoms with Crippen molar-refractivity contribution in [3.05, 3.63) is 28.8 Å². The van der Waals surface area contributed by atoms with Gasteiger partial charge < -0.3 is 5.11 Å². The van der Waals surface area contributed by atoms with Gasteiger partial charge in [0.25, 0.3) is 0 Å². The van der Waals surface area contributed by atoms with Crippen molar-refractivity contribution < 1.29 is 13.5 Å². The number of nitrogens with one attached hydrogen (secondary N) is 1. The van der Waals surface area contributed by atoms with Crippen LogP contribution >= 0.6 is 11.6 Å². The van der Waals surface area contributed by atoms with Gasteiger partial charge in [0.05, 0.1) is 11.6 Å². The summed E-state index contributed by atoms with van der Waals surface area (Å²) in [7, 11) is -3.67. The van der Waals surface area contributed by atoms with Gasteiger partial charge in [0, 0.05) is 18.6 Å². The third-order valence-electron chi connectivity index (χ3n) is 4.38. The number of halogens is 1. The summed E-state index contributed by atoms with van der Waals surface area (Å²) in [5.41, 5.74) is 0.536. The highest BCUT2D eigenvalue weighted by atomic mass is 35.5. The number of rotatable bonds is 4. The molecule has 2 atom stereocenters. The molecule has 0 bridgehead atoms. The van der Waals surface area contributed by atoms with Crippen molar-refractivity contribution in [3.63, 3.8) is 0 Å². The monoisotopic (exact) mass is 330 g/mol. The van der Waals surface area contributed by atoms with E-state index in [1.165, 1.54) is 12.1 Å². The molecule has 0 amide bonds. The van der Waals surface area contributed by atoms with Gasteiger partial charge in [-0.2, -0.15) is 0 Å². The Kier molecular flexibility index (Phi) is 4.25. The van der Waals surface area contributed by atoms with Crippen LogP contribution in [-0.2, 0) is 16.6 Å². The molecule has 3 rings (SSSR count). The van der Waals surface area contributed by atoms with Crippen molar-refractivity contribution in [1.82, 2.24) is 9.62 Å². The molecule has 7 heteroatoms. The molecule has 0 aromatic heterocycles. The lowest BCUT2D eigenvalue weighted by Gasteiger charge is -2.21. The molecule has 2 unspecified atom stereocenters. The zero-order valence-electron chi connectivity index (χ0n) is 11.6. The predicted molar refractivity (Wildman–Crippen MR) is 80.7 cm³/mol. The number of aliphatic hydroxyl groups is 1. The van der Waals surface area contributed by atoms with E-state index in [9.17, 15) is 8.42 Å². The Labute approximate surface area is 130 Å². The predicted octanol–water partition coefficient (Wildman–Crippen LogP) is 1.35. The number of aliphatic hydroxyl groups excluding tert-OH is 1. The zero-order valence-corrected chi connectivity index (χ0v) is 13.2. The van der Waals surface area contributed by atoms with Gasteiger partial charge in [-0.05, 0) is 43.5 Å². The van der Waals surface area contributed by atoms with Crippen molar-refractivity contribution in [2.45, 2.75) is 42.8 Å². The van der Waals surface area contributed by atoms with Crippen molar-refractivity contribution in [2.24, 2.45) is 0 Å². The molecule has 0 spiro atoms. The minimum absolute atomic E-state index is 0.0483. The molecule has 2 N–H and O–H groups in total. The fourth-order valence-electron chi connectivity index (χ4n) is 3.33. The Bertz CT molecular complexity index is 635. The first-order chi connectivity index (χ1) is 10.0. The van der Waals surface area contributed by atoms with Gasteiger partial charge in [0.15, 0.2) is 0 Å². The van der Waals surface area contributed by atoms with E-state index in [2.05, 4.69) is 9.62 Å². The van der Waals surface area contributed by atoms with E-state index < -0.39 is 10.0 Å². The number of fused-ring (bicyclic) bond motifs is 1. The molecule has 1 aromatic carbocycles. The lowest BCUT2D eigenvalue weighted by molar-refractivity contribution is 0.281. The normalized spacial score (nSPS) is 26.2. The molecular formula is C14H19ClN2O3S.